The number of carbonyl (C=O) groups is 1. The molecular weight excluding hydrogens is 286 g/mol. The maximum absolute atomic E-state index is 11.8. The SMILES string of the molecule is CCNC(=O)c1ccc(N)c(OCCc2scnc2C)c1. The van der Waals surface area contributed by atoms with Crippen molar-refractivity contribution in [3.63, 3.8) is 0 Å². The summed E-state index contributed by atoms with van der Waals surface area (Å²) in [5, 5.41) is 2.75. The number of anilines is 1. The Morgan fingerprint density at radius 2 is 2.29 bits per heavy atom. The molecule has 1 heterocycles. The molecular formula is C15H19N3O2S. The van der Waals surface area contributed by atoms with E-state index in [2.05, 4.69) is 10.3 Å². The number of hydrogen-bond donors (Lipinski definition) is 2. The van der Waals surface area contributed by atoms with Crippen LogP contribution in [0.5, 0.6) is 5.75 Å². The number of thiazole rings is 1. The molecule has 0 aliphatic carbocycles. The Bertz CT molecular complexity index is 625. The van der Waals surface area contributed by atoms with Crippen LogP contribution in [0.4, 0.5) is 5.69 Å². The van der Waals surface area contributed by atoms with Crippen LogP contribution >= 0.6 is 11.3 Å². The fourth-order valence-electron chi connectivity index (χ4n) is 1.88. The van der Waals surface area contributed by atoms with Crippen LogP contribution in [-0.4, -0.2) is 24.0 Å². The average molecular weight is 305 g/mol. The second-order valence-electron chi connectivity index (χ2n) is 4.57. The van der Waals surface area contributed by atoms with E-state index in [1.807, 2.05) is 19.4 Å². The Hall–Kier alpha value is -2.08. The van der Waals surface area contributed by atoms with Gasteiger partial charge in [0.15, 0.2) is 0 Å². The number of nitrogens with one attached hydrogen (secondary N) is 1. The molecule has 2 rings (SSSR count). The Kier molecular flexibility index (Phi) is 5.16. The summed E-state index contributed by atoms with van der Waals surface area (Å²) in [6.07, 6.45) is 0.779. The highest BCUT2D eigenvalue weighted by Gasteiger charge is 2.09. The van der Waals surface area contributed by atoms with Gasteiger partial charge in [-0.25, -0.2) is 4.98 Å². The van der Waals surface area contributed by atoms with Gasteiger partial charge in [0.1, 0.15) is 5.75 Å². The van der Waals surface area contributed by atoms with Crippen LogP contribution in [0.1, 0.15) is 27.9 Å². The lowest BCUT2D eigenvalue weighted by Crippen LogP contribution is -2.22. The van der Waals surface area contributed by atoms with E-state index in [4.69, 9.17) is 10.5 Å². The van der Waals surface area contributed by atoms with Crippen molar-refractivity contribution in [2.45, 2.75) is 20.3 Å². The molecule has 2 aromatic rings. The van der Waals surface area contributed by atoms with E-state index in [1.165, 1.54) is 4.88 Å². The van der Waals surface area contributed by atoms with Gasteiger partial charge < -0.3 is 15.8 Å². The van der Waals surface area contributed by atoms with Crippen LogP contribution in [0.15, 0.2) is 23.7 Å². The minimum atomic E-state index is -0.124. The number of amides is 1. The van der Waals surface area contributed by atoms with Crippen LogP contribution < -0.4 is 15.8 Å². The van der Waals surface area contributed by atoms with Crippen molar-refractivity contribution in [2.24, 2.45) is 0 Å². The van der Waals surface area contributed by atoms with E-state index >= 15 is 0 Å². The Balaban J connectivity index is 2.00. The zero-order valence-corrected chi connectivity index (χ0v) is 13.0. The highest BCUT2D eigenvalue weighted by molar-refractivity contribution is 7.09. The first-order valence-corrected chi connectivity index (χ1v) is 7.69. The van der Waals surface area contributed by atoms with Crippen LogP contribution in [0.2, 0.25) is 0 Å². The van der Waals surface area contributed by atoms with Crippen molar-refractivity contribution in [3.8, 4) is 5.75 Å². The maximum atomic E-state index is 11.8. The number of nitrogens with two attached hydrogens (primary N) is 1. The average Bonchev–Trinajstić information content (AvgIpc) is 2.87. The molecule has 3 N–H and O–H groups in total. The first-order chi connectivity index (χ1) is 10.1. The van der Waals surface area contributed by atoms with Gasteiger partial charge >= 0.3 is 0 Å². The topological polar surface area (TPSA) is 77.2 Å². The van der Waals surface area contributed by atoms with E-state index in [1.54, 1.807) is 29.5 Å². The molecule has 0 aliphatic rings. The number of benzene rings is 1. The quantitative estimate of drug-likeness (QED) is 0.803. The molecule has 0 unspecified atom stereocenters. The molecule has 112 valence electrons. The molecule has 0 radical (unpaired) electrons. The smallest absolute Gasteiger partial charge is 0.251 e. The molecule has 1 aromatic carbocycles. The molecule has 0 saturated heterocycles. The highest BCUT2D eigenvalue weighted by Crippen LogP contribution is 2.23. The Morgan fingerprint density at radius 3 is 2.95 bits per heavy atom. The van der Waals surface area contributed by atoms with Crippen molar-refractivity contribution in [3.05, 3.63) is 39.8 Å². The van der Waals surface area contributed by atoms with Crippen molar-refractivity contribution >= 4 is 22.9 Å². The molecule has 0 bridgehead atoms. The number of carbonyl (C=O) groups excluding carboxylic acids is 1. The van der Waals surface area contributed by atoms with Crippen LogP contribution in [0, 0.1) is 6.92 Å². The molecule has 21 heavy (non-hydrogen) atoms. The van der Waals surface area contributed by atoms with Gasteiger partial charge in [0.25, 0.3) is 5.91 Å². The third kappa shape index (κ3) is 3.95. The van der Waals surface area contributed by atoms with Gasteiger partial charge in [0.05, 0.1) is 23.5 Å². The van der Waals surface area contributed by atoms with Gasteiger partial charge in [-0.05, 0) is 32.0 Å². The normalized spacial score (nSPS) is 10.4. The zero-order valence-electron chi connectivity index (χ0n) is 12.2. The van der Waals surface area contributed by atoms with Gasteiger partial charge in [-0.3, -0.25) is 4.79 Å². The number of hydrogen-bond acceptors (Lipinski definition) is 5. The van der Waals surface area contributed by atoms with Gasteiger partial charge in [-0.15, -0.1) is 11.3 Å². The summed E-state index contributed by atoms with van der Waals surface area (Å²) < 4.78 is 5.71. The maximum Gasteiger partial charge on any atom is 0.251 e. The minimum Gasteiger partial charge on any atom is -0.491 e. The molecule has 0 fully saturated rings. The van der Waals surface area contributed by atoms with Crippen LogP contribution in [0.3, 0.4) is 0 Å². The largest absolute Gasteiger partial charge is 0.491 e. The molecule has 0 spiro atoms. The fourth-order valence-corrected chi connectivity index (χ4v) is 2.65. The number of nitrogen functional groups attached to an aromatic ring is 1. The zero-order chi connectivity index (χ0) is 15.2. The van der Waals surface area contributed by atoms with Gasteiger partial charge in [0.2, 0.25) is 0 Å². The van der Waals surface area contributed by atoms with Gasteiger partial charge in [-0.1, -0.05) is 0 Å². The van der Waals surface area contributed by atoms with Gasteiger partial charge in [0, 0.05) is 23.4 Å². The van der Waals surface area contributed by atoms with E-state index in [0.29, 0.717) is 30.2 Å². The first-order valence-electron chi connectivity index (χ1n) is 6.81. The summed E-state index contributed by atoms with van der Waals surface area (Å²) in [5.74, 6) is 0.418. The van der Waals surface area contributed by atoms with Crippen molar-refractivity contribution in [2.75, 3.05) is 18.9 Å². The molecule has 0 atom stereocenters. The summed E-state index contributed by atoms with van der Waals surface area (Å²) >= 11 is 1.62. The second-order valence-corrected chi connectivity index (χ2v) is 5.51. The third-order valence-corrected chi connectivity index (χ3v) is 4.04. The summed E-state index contributed by atoms with van der Waals surface area (Å²) in [5.41, 5.74) is 9.83. The number of aryl methyl sites for hydroxylation is 1. The fraction of sp³-hybridized carbons (Fsp3) is 0.333. The predicted molar refractivity (Wildman–Crippen MR) is 84.9 cm³/mol. The predicted octanol–water partition coefficient (Wildman–Crippen LogP) is 2.40. The number of nitrogens with zero attached hydrogens (tertiary/aromatic N) is 1. The van der Waals surface area contributed by atoms with Gasteiger partial charge in [-0.2, -0.15) is 0 Å². The Morgan fingerprint density at radius 1 is 1.48 bits per heavy atom. The minimum absolute atomic E-state index is 0.124. The monoisotopic (exact) mass is 305 g/mol. The lowest BCUT2D eigenvalue weighted by Gasteiger charge is -2.10. The van der Waals surface area contributed by atoms with Crippen molar-refractivity contribution in [1.82, 2.24) is 10.3 Å². The van der Waals surface area contributed by atoms with Crippen LogP contribution in [-0.2, 0) is 6.42 Å². The summed E-state index contributed by atoms with van der Waals surface area (Å²) in [7, 11) is 0. The first kappa shape index (κ1) is 15.3. The molecule has 0 aliphatic heterocycles. The highest BCUT2D eigenvalue weighted by atomic mass is 32.1. The number of aromatic nitrogens is 1. The summed E-state index contributed by atoms with van der Waals surface area (Å²) in [6.45, 7) is 4.95. The molecule has 1 aromatic heterocycles. The lowest BCUT2D eigenvalue weighted by molar-refractivity contribution is 0.0955. The van der Waals surface area contributed by atoms with Crippen LogP contribution in [0.25, 0.3) is 0 Å². The summed E-state index contributed by atoms with van der Waals surface area (Å²) in [6, 6.07) is 5.07. The molecule has 0 saturated carbocycles. The van der Waals surface area contributed by atoms with Crippen molar-refractivity contribution in [1.29, 1.82) is 0 Å². The number of ether oxygens (including phenoxy) is 1. The molecule has 5 nitrogen and oxygen atoms in total. The van der Waals surface area contributed by atoms with E-state index in [-0.39, 0.29) is 5.91 Å². The Labute approximate surface area is 128 Å². The molecule has 6 heteroatoms. The van der Waals surface area contributed by atoms with Crippen molar-refractivity contribution < 1.29 is 9.53 Å². The van der Waals surface area contributed by atoms with E-state index in [0.717, 1.165) is 12.1 Å². The van der Waals surface area contributed by atoms with E-state index in [9.17, 15) is 4.79 Å². The summed E-state index contributed by atoms with van der Waals surface area (Å²) in [4.78, 5) is 17.2. The number of rotatable bonds is 6. The third-order valence-electron chi connectivity index (χ3n) is 3.04. The second kappa shape index (κ2) is 7.08. The van der Waals surface area contributed by atoms with E-state index < -0.39 is 0 Å². The lowest BCUT2D eigenvalue weighted by atomic mass is 10.2. The standard InChI is InChI=1S/C15H19N3O2S/c1-3-17-15(19)11-4-5-12(16)13(8-11)20-7-6-14-10(2)18-9-21-14/h4-5,8-9H,3,6-7,16H2,1-2H3,(H,17,19). The molecule has 1 amide bonds.